The van der Waals surface area contributed by atoms with Crippen LogP contribution in [0.15, 0.2) is 28.8 Å². The number of alkyl halides is 2. The highest BCUT2D eigenvalue weighted by Crippen LogP contribution is 2.38. The second kappa shape index (κ2) is 8.86. The van der Waals surface area contributed by atoms with Gasteiger partial charge >= 0.3 is 6.61 Å². The molecular weight excluding hydrogens is 414 g/mol. The molecule has 1 aromatic carbocycles. The van der Waals surface area contributed by atoms with E-state index in [1.54, 1.807) is 12.1 Å². The smallest absolute Gasteiger partial charge is 0.387 e. The highest BCUT2D eigenvalue weighted by atomic mass is 32.1. The molecule has 0 amide bonds. The van der Waals surface area contributed by atoms with Gasteiger partial charge in [0.2, 0.25) is 5.89 Å². The van der Waals surface area contributed by atoms with Crippen molar-refractivity contribution in [2.45, 2.75) is 45.3 Å². The van der Waals surface area contributed by atoms with Gasteiger partial charge in [0.15, 0.2) is 17.2 Å². The van der Waals surface area contributed by atoms with E-state index < -0.39 is 6.61 Å². The van der Waals surface area contributed by atoms with Crippen molar-refractivity contribution in [2.24, 2.45) is 0 Å². The first-order chi connectivity index (χ1) is 14.5. The van der Waals surface area contributed by atoms with Gasteiger partial charge in [0.25, 0.3) is 0 Å². The Labute approximate surface area is 175 Å². The Hall–Kier alpha value is -2.88. The summed E-state index contributed by atoms with van der Waals surface area (Å²) in [6.45, 7) is -0.0525. The van der Waals surface area contributed by atoms with Crippen LogP contribution in [-0.4, -0.2) is 34.6 Å². The van der Waals surface area contributed by atoms with Gasteiger partial charge in [-0.05, 0) is 43.9 Å². The quantitative estimate of drug-likeness (QED) is 0.438. The Kier molecular flexibility index (Phi) is 6.03. The highest BCUT2D eigenvalue weighted by molar-refractivity contribution is 7.15. The Bertz CT molecular complexity index is 1000. The normalized spacial score (nSPS) is 13.6. The van der Waals surface area contributed by atoms with Gasteiger partial charge in [-0.3, -0.25) is 4.79 Å². The maximum atomic E-state index is 12.3. The first kappa shape index (κ1) is 20.4. The molecule has 30 heavy (non-hydrogen) atoms. The molecule has 3 aromatic rings. The molecule has 4 rings (SSSR count). The van der Waals surface area contributed by atoms with Crippen molar-refractivity contribution in [1.82, 2.24) is 15.1 Å². The topological polar surface area (TPSA) is 81.3 Å². The molecule has 1 aliphatic rings. The van der Waals surface area contributed by atoms with Crippen LogP contribution in [0.4, 0.5) is 13.9 Å². The van der Waals surface area contributed by atoms with Gasteiger partial charge in [0.1, 0.15) is 11.4 Å². The number of hydrogen-bond donors (Lipinski definition) is 0. The molecule has 2 aromatic heterocycles. The minimum absolute atomic E-state index is 0.121. The fraction of sp³-hybridized carbons (Fsp3) is 0.400. The lowest BCUT2D eigenvalue weighted by molar-refractivity contribution is -0.0498. The van der Waals surface area contributed by atoms with Gasteiger partial charge in [-0.2, -0.15) is 13.8 Å². The first-order valence-electron chi connectivity index (χ1n) is 9.55. The zero-order valence-electron chi connectivity index (χ0n) is 16.3. The minimum atomic E-state index is -2.85. The van der Waals surface area contributed by atoms with E-state index in [4.69, 9.17) is 4.52 Å². The van der Waals surface area contributed by atoms with E-state index in [1.807, 2.05) is 11.8 Å². The Morgan fingerprint density at radius 1 is 1.30 bits per heavy atom. The minimum Gasteiger partial charge on any atom is -0.435 e. The summed E-state index contributed by atoms with van der Waals surface area (Å²) in [7, 11) is 0. The zero-order chi connectivity index (χ0) is 21.1. The standard InChI is InChI=1S/C20H20F2N4O3S/c1-12-16(11-27)23-20(30-12)26(10-17-24-18(25-29-17)14-4-5-14)9-8-13-2-6-15(7-3-13)28-19(21)22/h2-3,6-7,11,14,19H,4-5,8-10H2,1H3. The molecule has 0 atom stereocenters. The maximum absolute atomic E-state index is 12.3. The number of anilines is 1. The van der Waals surface area contributed by atoms with Crippen LogP contribution >= 0.6 is 11.3 Å². The Balaban J connectivity index is 1.48. The summed E-state index contributed by atoms with van der Waals surface area (Å²) < 4.78 is 34.4. The second-order valence-corrected chi connectivity index (χ2v) is 8.25. The van der Waals surface area contributed by atoms with Crippen molar-refractivity contribution in [3.05, 3.63) is 52.1 Å². The molecule has 0 spiro atoms. The summed E-state index contributed by atoms with van der Waals surface area (Å²) in [5.41, 5.74) is 1.37. The third-order valence-electron chi connectivity index (χ3n) is 4.77. The zero-order valence-corrected chi connectivity index (χ0v) is 17.1. The number of halogens is 2. The summed E-state index contributed by atoms with van der Waals surface area (Å²) in [6, 6.07) is 6.53. The molecule has 1 aliphatic carbocycles. The molecule has 158 valence electrons. The molecule has 1 saturated carbocycles. The number of thiazole rings is 1. The molecule has 2 heterocycles. The van der Waals surface area contributed by atoms with Crippen molar-refractivity contribution in [3.8, 4) is 5.75 Å². The van der Waals surface area contributed by atoms with E-state index in [0.717, 1.165) is 35.4 Å². The number of ether oxygens (including phenoxy) is 1. The van der Waals surface area contributed by atoms with Gasteiger partial charge in [-0.25, -0.2) is 4.98 Å². The summed E-state index contributed by atoms with van der Waals surface area (Å²) in [5.74, 6) is 1.76. The lowest BCUT2D eigenvalue weighted by Gasteiger charge is -2.20. The van der Waals surface area contributed by atoms with E-state index in [9.17, 15) is 13.6 Å². The van der Waals surface area contributed by atoms with Gasteiger partial charge < -0.3 is 14.2 Å². The third-order valence-corrected chi connectivity index (χ3v) is 5.82. The van der Waals surface area contributed by atoms with Crippen LogP contribution in [0.1, 0.15) is 51.4 Å². The molecule has 0 aliphatic heterocycles. The Morgan fingerprint density at radius 3 is 2.70 bits per heavy atom. The van der Waals surface area contributed by atoms with E-state index >= 15 is 0 Å². The average Bonchev–Trinajstić information content (AvgIpc) is 3.35. The number of carbonyl (C=O) groups excluding carboxylic acids is 1. The molecule has 0 bridgehead atoms. The molecule has 0 N–H and O–H groups in total. The van der Waals surface area contributed by atoms with Crippen molar-refractivity contribution in [1.29, 1.82) is 0 Å². The summed E-state index contributed by atoms with van der Waals surface area (Å²) in [6.07, 6.45) is 3.55. The van der Waals surface area contributed by atoms with Crippen LogP contribution in [0.2, 0.25) is 0 Å². The second-order valence-electron chi connectivity index (χ2n) is 7.07. The van der Waals surface area contributed by atoms with E-state index in [2.05, 4.69) is 19.9 Å². The van der Waals surface area contributed by atoms with Crippen molar-refractivity contribution in [3.63, 3.8) is 0 Å². The molecule has 7 nitrogen and oxygen atoms in total. The average molecular weight is 434 g/mol. The number of aryl methyl sites for hydroxylation is 1. The number of carbonyl (C=O) groups is 1. The van der Waals surface area contributed by atoms with Crippen molar-refractivity contribution < 1.29 is 22.8 Å². The fourth-order valence-electron chi connectivity index (χ4n) is 2.99. The van der Waals surface area contributed by atoms with Crippen LogP contribution in [0, 0.1) is 6.92 Å². The van der Waals surface area contributed by atoms with Crippen LogP contribution in [0.5, 0.6) is 5.75 Å². The molecule has 10 heteroatoms. The van der Waals surface area contributed by atoms with Gasteiger partial charge in [-0.1, -0.05) is 17.3 Å². The van der Waals surface area contributed by atoms with E-state index in [-0.39, 0.29) is 5.75 Å². The SMILES string of the molecule is Cc1sc(N(CCc2ccc(OC(F)F)cc2)Cc2nc(C3CC3)no2)nc1C=O. The number of nitrogens with zero attached hydrogens (tertiary/aromatic N) is 4. The molecular formula is C20H20F2N4O3S. The number of rotatable bonds is 10. The predicted octanol–water partition coefficient (Wildman–Crippen LogP) is 4.38. The summed E-state index contributed by atoms with van der Waals surface area (Å²) in [5, 5.41) is 4.75. The van der Waals surface area contributed by atoms with Crippen LogP contribution in [0.25, 0.3) is 0 Å². The van der Waals surface area contributed by atoms with Crippen molar-refractivity contribution in [2.75, 3.05) is 11.4 Å². The molecule has 0 radical (unpaired) electrons. The Morgan fingerprint density at radius 2 is 2.07 bits per heavy atom. The number of aldehydes is 1. The largest absolute Gasteiger partial charge is 0.435 e. The molecule has 0 saturated heterocycles. The fourth-order valence-corrected chi connectivity index (χ4v) is 3.89. The molecule has 0 unspecified atom stereocenters. The van der Waals surface area contributed by atoms with Gasteiger partial charge in [0, 0.05) is 17.3 Å². The number of benzene rings is 1. The van der Waals surface area contributed by atoms with Gasteiger partial charge in [-0.15, -0.1) is 11.3 Å². The molecule has 1 fully saturated rings. The van der Waals surface area contributed by atoms with Gasteiger partial charge in [0.05, 0.1) is 6.54 Å². The van der Waals surface area contributed by atoms with E-state index in [0.29, 0.717) is 42.1 Å². The highest BCUT2D eigenvalue weighted by Gasteiger charge is 2.29. The first-order valence-corrected chi connectivity index (χ1v) is 10.4. The van der Waals surface area contributed by atoms with E-state index in [1.165, 1.54) is 23.5 Å². The predicted molar refractivity (Wildman–Crippen MR) is 106 cm³/mol. The monoisotopic (exact) mass is 434 g/mol. The summed E-state index contributed by atoms with van der Waals surface area (Å²) >= 11 is 1.43. The number of aromatic nitrogens is 3. The lowest BCUT2D eigenvalue weighted by atomic mass is 10.1. The number of hydrogen-bond acceptors (Lipinski definition) is 8. The van der Waals surface area contributed by atoms with Crippen molar-refractivity contribution >= 4 is 22.8 Å². The van der Waals surface area contributed by atoms with Crippen LogP contribution in [0.3, 0.4) is 0 Å². The summed E-state index contributed by atoms with van der Waals surface area (Å²) in [4.78, 5) is 22.9. The van der Waals surface area contributed by atoms with Crippen LogP contribution < -0.4 is 9.64 Å². The maximum Gasteiger partial charge on any atom is 0.387 e. The lowest BCUT2D eigenvalue weighted by Crippen LogP contribution is -2.25. The van der Waals surface area contributed by atoms with Crippen LogP contribution in [-0.2, 0) is 13.0 Å². The third kappa shape index (κ3) is 4.99.